The first kappa shape index (κ1) is 33.9. The van der Waals surface area contributed by atoms with Crippen LogP contribution < -0.4 is 15.1 Å². The van der Waals surface area contributed by atoms with Crippen molar-refractivity contribution in [1.29, 1.82) is 0 Å². The molecule has 2 amide bonds. The zero-order valence-corrected chi connectivity index (χ0v) is 30.9. The van der Waals surface area contributed by atoms with Gasteiger partial charge in [-0.2, -0.15) is 0 Å². The number of anilines is 3. The summed E-state index contributed by atoms with van der Waals surface area (Å²) in [4.78, 5) is 51.1. The Morgan fingerprint density at radius 3 is 2.64 bits per heavy atom. The molecule has 0 bridgehead atoms. The number of carbonyl (C=O) groups excluding carboxylic acids is 2. The summed E-state index contributed by atoms with van der Waals surface area (Å²) in [6.45, 7) is 7.52. The molecular weight excluding hydrogens is 687 g/mol. The number of imidazole rings is 1. The molecule has 4 aliphatic rings. The van der Waals surface area contributed by atoms with E-state index in [-0.39, 0.29) is 20.1 Å². The third kappa shape index (κ3) is 6.12. The quantitative estimate of drug-likeness (QED) is 0.171. The van der Waals surface area contributed by atoms with Gasteiger partial charge in [-0.05, 0) is 118 Å². The van der Waals surface area contributed by atoms with E-state index in [0.717, 1.165) is 108 Å². The average Bonchev–Trinajstić information content (AvgIpc) is 3.77. The predicted molar refractivity (Wildman–Crippen MR) is 209 cm³/mol. The SMILES string of the molecule is Cc1cnc(N2CC3(CCOCC3)C2)c(C(=O)Nc2ccc(C(=O)N3CCc4cc(C(C)(O)c5nc6c([nH]5)CCCC6)sc4-c4ncccc43)cc2)c1.[HH].[HH]. The summed E-state index contributed by atoms with van der Waals surface area (Å²) < 4.78 is 5.58. The molecule has 2 saturated heterocycles. The number of nitrogens with zero attached hydrogens (tertiary/aromatic N) is 5. The molecule has 9 rings (SSSR count). The molecule has 5 aromatic rings. The van der Waals surface area contributed by atoms with Gasteiger partial charge in [0.2, 0.25) is 0 Å². The number of aliphatic hydroxyl groups is 1. The molecule has 2 fully saturated rings. The molecule has 4 aromatic heterocycles. The molecule has 276 valence electrons. The Morgan fingerprint density at radius 1 is 1.06 bits per heavy atom. The topological polar surface area (TPSA) is 137 Å². The first-order chi connectivity index (χ1) is 25.7. The van der Waals surface area contributed by atoms with E-state index in [2.05, 4.69) is 20.2 Å². The number of ether oxygens (including phenoxy) is 1. The average molecular weight is 734 g/mol. The second-order valence-electron chi connectivity index (χ2n) is 15.2. The Bertz CT molecular complexity index is 2200. The molecule has 1 aromatic carbocycles. The number of thiophene rings is 1. The summed E-state index contributed by atoms with van der Waals surface area (Å²) >= 11 is 1.51. The second-order valence-corrected chi connectivity index (χ2v) is 16.3. The minimum Gasteiger partial charge on any atom is -0.381 e. The molecule has 3 N–H and O–H groups in total. The number of benzene rings is 1. The molecule has 1 spiro atoms. The molecule has 3 aliphatic heterocycles. The summed E-state index contributed by atoms with van der Waals surface area (Å²) in [5, 5.41) is 14.8. The smallest absolute Gasteiger partial charge is 0.259 e. The number of hydrogen-bond donors (Lipinski definition) is 3. The molecule has 1 atom stereocenters. The summed E-state index contributed by atoms with van der Waals surface area (Å²) in [6.07, 6.45) is 10.4. The molecule has 11 nitrogen and oxygen atoms in total. The van der Waals surface area contributed by atoms with Crippen LogP contribution in [0.1, 0.15) is 89.4 Å². The van der Waals surface area contributed by atoms with E-state index in [4.69, 9.17) is 14.7 Å². The van der Waals surface area contributed by atoms with Crippen LogP contribution in [0.4, 0.5) is 17.2 Å². The van der Waals surface area contributed by atoms with Crippen molar-refractivity contribution in [2.24, 2.45) is 5.41 Å². The van der Waals surface area contributed by atoms with E-state index in [1.807, 2.05) is 37.4 Å². The fraction of sp³-hybridized carbons (Fsp3) is 0.390. The number of fused-ring (bicyclic) bond motifs is 4. The van der Waals surface area contributed by atoms with Crippen LogP contribution in [0.15, 0.2) is 60.9 Å². The third-order valence-corrected chi connectivity index (χ3v) is 12.8. The Morgan fingerprint density at radius 2 is 1.85 bits per heavy atom. The highest BCUT2D eigenvalue weighted by Gasteiger charge is 2.45. The van der Waals surface area contributed by atoms with Crippen LogP contribution in [0.25, 0.3) is 10.6 Å². The number of hydrogen-bond acceptors (Lipinski definition) is 9. The second kappa shape index (κ2) is 13.2. The Balaban J connectivity index is 0.00000233. The highest BCUT2D eigenvalue weighted by Crippen LogP contribution is 2.45. The van der Waals surface area contributed by atoms with Crippen molar-refractivity contribution in [1.82, 2.24) is 19.9 Å². The normalized spacial score (nSPS) is 18.6. The van der Waals surface area contributed by atoms with Crippen molar-refractivity contribution in [3.05, 3.63) is 105 Å². The Hall–Kier alpha value is -4.91. The number of pyridine rings is 2. The van der Waals surface area contributed by atoms with Gasteiger partial charge in [0.05, 0.1) is 21.8 Å². The van der Waals surface area contributed by atoms with Gasteiger partial charge in [0.25, 0.3) is 11.8 Å². The fourth-order valence-electron chi connectivity index (χ4n) is 8.27. The van der Waals surface area contributed by atoms with E-state index in [1.54, 1.807) is 42.3 Å². The predicted octanol–water partition coefficient (Wildman–Crippen LogP) is 6.94. The van der Waals surface area contributed by atoms with Crippen LogP contribution in [0.5, 0.6) is 0 Å². The molecular formula is C41H47N7O4S. The maximum absolute atomic E-state index is 14.1. The molecule has 0 radical (unpaired) electrons. The summed E-state index contributed by atoms with van der Waals surface area (Å²) in [5.74, 6) is 0.904. The zero-order valence-electron chi connectivity index (χ0n) is 30.1. The van der Waals surface area contributed by atoms with Gasteiger partial charge in [-0.15, -0.1) is 11.3 Å². The molecule has 12 heteroatoms. The molecule has 0 saturated carbocycles. The van der Waals surface area contributed by atoms with Crippen molar-refractivity contribution in [2.75, 3.05) is 48.0 Å². The first-order valence-corrected chi connectivity index (χ1v) is 19.4. The molecule has 7 heterocycles. The number of H-pyrrole nitrogens is 1. The minimum absolute atomic E-state index is 0. The number of rotatable bonds is 6. The van der Waals surface area contributed by atoms with Crippen molar-refractivity contribution in [2.45, 2.75) is 64.4 Å². The van der Waals surface area contributed by atoms with Crippen LogP contribution >= 0.6 is 11.3 Å². The lowest BCUT2D eigenvalue weighted by atomic mass is 9.73. The lowest BCUT2D eigenvalue weighted by molar-refractivity contribution is -0.000510. The van der Waals surface area contributed by atoms with E-state index in [9.17, 15) is 14.7 Å². The van der Waals surface area contributed by atoms with E-state index < -0.39 is 5.60 Å². The van der Waals surface area contributed by atoms with Crippen molar-refractivity contribution in [3.8, 4) is 10.6 Å². The van der Waals surface area contributed by atoms with Gasteiger partial charge in [-0.1, -0.05) is 0 Å². The summed E-state index contributed by atoms with van der Waals surface area (Å²) in [5.41, 5.74) is 6.21. The number of carbonyl (C=O) groups is 2. The minimum atomic E-state index is -1.28. The number of amides is 2. The van der Waals surface area contributed by atoms with Gasteiger partial charge in [0.15, 0.2) is 5.60 Å². The lowest BCUT2D eigenvalue weighted by Gasteiger charge is -2.53. The lowest BCUT2D eigenvalue weighted by Crippen LogP contribution is -2.59. The standard InChI is InChI=1S/C41H43N7O4S.2H2/c1-25-20-29(36(43-22-25)47-23-41(24-47)14-18-52-19-15-41)37(49)44-28-11-9-26(10-12-28)38(50)48-17-13-27-21-33(53-35(27)34-32(48)8-5-16-42-34)40(2,51)39-45-30-6-3-4-7-31(30)46-39;;/h5,8-12,16,20-22,51H,3-4,6-7,13-15,17-19,23-24H2,1-2H3,(H,44,49)(H,45,46);2*1H. The zero-order chi connectivity index (χ0) is 36.3. The van der Waals surface area contributed by atoms with Gasteiger partial charge >= 0.3 is 0 Å². The van der Waals surface area contributed by atoms with Gasteiger partial charge in [0.1, 0.15) is 17.3 Å². The largest absolute Gasteiger partial charge is 0.381 e. The van der Waals surface area contributed by atoms with Crippen LogP contribution in [0.2, 0.25) is 0 Å². The maximum Gasteiger partial charge on any atom is 0.259 e. The van der Waals surface area contributed by atoms with Gasteiger partial charge in [-0.3, -0.25) is 14.6 Å². The van der Waals surface area contributed by atoms with Gasteiger partial charge in [0, 0.05) is 75.3 Å². The van der Waals surface area contributed by atoms with Crippen LogP contribution in [0, 0.1) is 12.3 Å². The highest BCUT2D eigenvalue weighted by molar-refractivity contribution is 7.16. The van der Waals surface area contributed by atoms with Gasteiger partial charge in [-0.25, -0.2) is 9.97 Å². The van der Waals surface area contributed by atoms with E-state index in [1.165, 1.54) is 11.3 Å². The third-order valence-electron chi connectivity index (χ3n) is 11.4. The fourth-order valence-corrected chi connectivity index (χ4v) is 9.54. The summed E-state index contributed by atoms with van der Waals surface area (Å²) in [7, 11) is 0. The van der Waals surface area contributed by atoms with E-state index in [0.29, 0.717) is 41.4 Å². The Labute approximate surface area is 315 Å². The first-order valence-electron chi connectivity index (χ1n) is 18.6. The van der Waals surface area contributed by atoms with Crippen LogP contribution in [0.3, 0.4) is 0 Å². The van der Waals surface area contributed by atoms with Crippen molar-refractivity contribution >= 4 is 40.3 Å². The molecule has 53 heavy (non-hydrogen) atoms. The number of nitrogens with one attached hydrogen (secondary N) is 2. The number of aromatic nitrogens is 4. The highest BCUT2D eigenvalue weighted by atomic mass is 32.1. The number of aryl methyl sites for hydroxylation is 3. The van der Waals surface area contributed by atoms with Crippen molar-refractivity contribution < 1.29 is 22.3 Å². The summed E-state index contributed by atoms with van der Waals surface area (Å²) in [6, 6.07) is 14.8. The number of aromatic amines is 1. The van der Waals surface area contributed by atoms with Crippen LogP contribution in [-0.2, 0) is 29.6 Å². The Kier molecular flexibility index (Phi) is 8.43. The van der Waals surface area contributed by atoms with Crippen LogP contribution in [-0.4, -0.2) is 69.7 Å². The van der Waals surface area contributed by atoms with Crippen molar-refractivity contribution in [3.63, 3.8) is 0 Å². The maximum atomic E-state index is 14.1. The monoisotopic (exact) mass is 733 g/mol. The van der Waals surface area contributed by atoms with E-state index >= 15 is 0 Å². The molecule has 1 unspecified atom stereocenters. The van der Waals surface area contributed by atoms with Gasteiger partial charge < -0.3 is 29.9 Å². The molecule has 1 aliphatic carbocycles.